The summed E-state index contributed by atoms with van der Waals surface area (Å²) in [6, 6.07) is 14.5. The number of carbonyl (C=O) groups is 1. The molecule has 27 heavy (non-hydrogen) atoms. The van der Waals surface area contributed by atoms with Crippen LogP contribution in [0.2, 0.25) is 0 Å². The quantitative estimate of drug-likeness (QED) is 0.558. The van der Waals surface area contributed by atoms with Gasteiger partial charge in [-0.05, 0) is 33.6 Å². The second-order valence-electron chi connectivity index (χ2n) is 6.35. The lowest BCUT2D eigenvalue weighted by molar-refractivity contribution is -0.385. The summed E-state index contributed by atoms with van der Waals surface area (Å²) in [5.41, 5.74) is 1.36. The molecule has 1 unspecified atom stereocenters. The first-order valence-electron chi connectivity index (χ1n) is 8.63. The van der Waals surface area contributed by atoms with Gasteiger partial charge in [-0.3, -0.25) is 19.8 Å². The van der Waals surface area contributed by atoms with Crippen molar-refractivity contribution in [2.45, 2.75) is 12.6 Å². The average molecular weight is 434 g/mol. The van der Waals surface area contributed by atoms with Gasteiger partial charge in [0.1, 0.15) is 0 Å². The highest BCUT2D eigenvalue weighted by Crippen LogP contribution is 2.25. The Morgan fingerprint density at radius 1 is 1.30 bits per heavy atom. The molecule has 0 saturated carbocycles. The molecule has 1 atom stereocenters. The molecular formula is C19H20BrN3O4. The lowest BCUT2D eigenvalue weighted by Crippen LogP contribution is -2.47. The molecule has 0 spiro atoms. The van der Waals surface area contributed by atoms with E-state index < -0.39 is 4.92 Å². The molecule has 1 saturated heterocycles. The Bertz CT molecular complexity index is 816. The highest BCUT2D eigenvalue weighted by molar-refractivity contribution is 9.10. The van der Waals surface area contributed by atoms with Crippen molar-refractivity contribution >= 4 is 27.5 Å². The minimum Gasteiger partial charge on any atom is -0.374 e. The Labute approximate surface area is 165 Å². The third kappa shape index (κ3) is 5.35. The lowest BCUT2D eigenvalue weighted by atomic mass is 10.1. The minimum absolute atomic E-state index is 0.114. The Hall–Kier alpha value is -2.29. The number of rotatable bonds is 6. The summed E-state index contributed by atoms with van der Waals surface area (Å²) < 4.78 is 6.08. The number of halogens is 1. The number of nitro benzene ring substituents is 1. The monoisotopic (exact) mass is 433 g/mol. The predicted molar refractivity (Wildman–Crippen MR) is 105 cm³/mol. The summed E-state index contributed by atoms with van der Waals surface area (Å²) in [7, 11) is 0. The maximum absolute atomic E-state index is 12.3. The number of nitrogens with one attached hydrogen (secondary N) is 1. The van der Waals surface area contributed by atoms with E-state index in [4.69, 9.17) is 4.74 Å². The standard InChI is InChI=1S/C19H20BrN3O4/c20-17-7-6-15(10-18(17)23(25)26)19(24)21-11-16-13-22(8-9-27-16)12-14-4-2-1-3-5-14/h1-7,10,16H,8-9,11-13H2,(H,21,24). The van der Waals surface area contributed by atoms with E-state index in [9.17, 15) is 14.9 Å². The van der Waals surface area contributed by atoms with Gasteiger partial charge in [-0.1, -0.05) is 30.3 Å². The molecule has 1 fully saturated rings. The van der Waals surface area contributed by atoms with Crippen LogP contribution in [0, 0.1) is 10.1 Å². The van der Waals surface area contributed by atoms with Crippen molar-refractivity contribution in [1.82, 2.24) is 10.2 Å². The van der Waals surface area contributed by atoms with Crippen LogP contribution in [0.5, 0.6) is 0 Å². The van der Waals surface area contributed by atoms with Crippen molar-refractivity contribution in [2.24, 2.45) is 0 Å². The second kappa shape index (κ2) is 9.07. The number of nitrogens with zero attached hydrogens (tertiary/aromatic N) is 2. The van der Waals surface area contributed by atoms with Gasteiger partial charge in [-0.15, -0.1) is 0 Å². The Morgan fingerprint density at radius 3 is 2.81 bits per heavy atom. The molecule has 142 valence electrons. The van der Waals surface area contributed by atoms with E-state index >= 15 is 0 Å². The van der Waals surface area contributed by atoms with E-state index in [0.29, 0.717) is 17.6 Å². The smallest absolute Gasteiger partial charge is 0.284 e. The highest BCUT2D eigenvalue weighted by Gasteiger charge is 2.22. The number of carbonyl (C=O) groups excluding carboxylic acids is 1. The Morgan fingerprint density at radius 2 is 2.07 bits per heavy atom. The number of hydrogen-bond donors (Lipinski definition) is 1. The van der Waals surface area contributed by atoms with E-state index in [1.165, 1.54) is 17.7 Å². The van der Waals surface area contributed by atoms with Crippen LogP contribution >= 0.6 is 15.9 Å². The van der Waals surface area contributed by atoms with Crippen LogP contribution in [-0.4, -0.2) is 48.1 Å². The average Bonchev–Trinajstić information content (AvgIpc) is 2.67. The fourth-order valence-corrected chi connectivity index (χ4v) is 3.38. The molecule has 8 heteroatoms. The number of hydrogen-bond acceptors (Lipinski definition) is 5. The second-order valence-corrected chi connectivity index (χ2v) is 7.20. The third-order valence-corrected chi connectivity index (χ3v) is 5.04. The molecule has 1 heterocycles. The van der Waals surface area contributed by atoms with Gasteiger partial charge in [0.2, 0.25) is 0 Å². The van der Waals surface area contributed by atoms with Gasteiger partial charge >= 0.3 is 0 Å². The van der Waals surface area contributed by atoms with Crippen molar-refractivity contribution in [3.8, 4) is 0 Å². The number of ether oxygens (including phenoxy) is 1. The molecule has 0 bridgehead atoms. The van der Waals surface area contributed by atoms with Gasteiger partial charge in [-0.2, -0.15) is 0 Å². The van der Waals surface area contributed by atoms with Crippen LogP contribution in [0.15, 0.2) is 53.0 Å². The first-order chi connectivity index (χ1) is 13.0. The fourth-order valence-electron chi connectivity index (χ4n) is 2.99. The number of benzene rings is 2. The summed E-state index contributed by atoms with van der Waals surface area (Å²) in [6.45, 7) is 3.37. The molecule has 1 N–H and O–H groups in total. The summed E-state index contributed by atoms with van der Waals surface area (Å²) in [5.74, 6) is -0.352. The van der Waals surface area contributed by atoms with Crippen molar-refractivity contribution in [1.29, 1.82) is 0 Å². The molecule has 0 aliphatic carbocycles. The first kappa shape index (κ1) is 19.5. The van der Waals surface area contributed by atoms with E-state index in [1.807, 2.05) is 18.2 Å². The first-order valence-corrected chi connectivity index (χ1v) is 9.42. The largest absolute Gasteiger partial charge is 0.374 e. The van der Waals surface area contributed by atoms with Gasteiger partial charge in [-0.25, -0.2) is 0 Å². The summed E-state index contributed by atoms with van der Waals surface area (Å²) in [4.78, 5) is 25.1. The molecule has 2 aromatic rings. The SMILES string of the molecule is O=C(NCC1CN(Cc2ccccc2)CCO1)c1ccc(Br)c([N+](=O)[O-])c1. The molecular weight excluding hydrogens is 414 g/mol. The molecule has 0 radical (unpaired) electrons. The van der Waals surface area contributed by atoms with Crippen LogP contribution in [0.1, 0.15) is 15.9 Å². The molecule has 1 aliphatic heterocycles. The Balaban J connectivity index is 1.54. The van der Waals surface area contributed by atoms with Crippen LogP contribution in [-0.2, 0) is 11.3 Å². The molecule has 3 rings (SSSR count). The van der Waals surface area contributed by atoms with Gasteiger partial charge in [0.25, 0.3) is 11.6 Å². The molecule has 1 aliphatic rings. The predicted octanol–water partition coefficient (Wildman–Crippen LogP) is 2.99. The minimum atomic E-state index is -0.521. The number of amides is 1. The maximum Gasteiger partial charge on any atom is 0.284 e. The third-order valence-electron chi connectivity index (χ3n) is 4.37. The van der Waals surface area contributed by atoms with Crippen molar-refractivity contribution in [3.63, 3.8) is 0 Å². The summed E-state index contributed by atoms with van der Waals surface area (Å²) in [6.07, 6.45) is -0.114. The molecule has 1 amide bonds. The zero-order valence-electron chi connectivity index (χ0n) is 14.6. The van der Waals surface area contributed by atoms with Gasteiger partial charge in [0, 0.05) is 37.8 Å². The number of nitro groups is 1. The van der Waals surface area contributed by atoms with Crippen molar-refractivity contribution in [3.05, 3.63) is 74.2 Å². The molecule has 2 aromatic carbocycles. The Kier molecular flexibility index (Phi) is 6.54. The van der Waals surface area contributed by atoms with Gasteiger partial charge < -0.3 is 10.1 Å². The van der Waals surface area contributed by atoms with Gasteiger partial charge in [0.05, 0.1) is 22.1 Å². The molecule has 0 aromatic heterocycles. The van der Waals surface area contributed by atoms with Crippen LogP contribution in [0.25, 0.3) is 0 Å². The van der Waals surface area contributed by atoms with E-state index in [1.54, 1.807) is 6.07 Å². The normalized spacial score (nSPS) is 17.4. The van der Waals surface area contributed by atoms with Gasteiger partial charge in [0.15, 0.2) is 0 Å². The van der Waals surface area contributed by atoms with E-state index in [0.717, 1.165) is 19.6 Å². The van der Waals surface area contributed by atoms with Crippen molar-refractivity contribution in [2.75, 3.05) is 26.2 Å². The van der Waals surface area contributed by atoms with Crippen LogP contribution in [0.4, 0.5) is 5.69 Å². The number of morpholine rings is 1. The fraction of sp³-hybridized carbons (Fsp3) is 0.316. The topological polar surface area (TPSA) is 84.7 Å². The zero-order chi connectivity index (χ0) is 19.2. The lowest BCUT2D eigenvalue weighted by Gasteiger charge is -2.33. The summed E-state index contributed by atoms with van der Waals surface area (Å²) >= 11 is 3.12. The molecule has 7 nitrogen and oxygen atoms in total. The van der Waals surface area contributed by atoms with E-state index in [2.05, 4.69) is 38.3 Å². The van der Waals surface area contributed by atoms with E-state index in [-0.39, 0.29) is 23.3 Å². The van der Waals surface area contributed by atoms with Crippen LogP contribution in [0.3, 0.4) is 0 Å². The maximum atomic E-state index is 12.3. The highest BCUT2D eigenvalue weighted by atomic mass is 79.9. The zero-order valence-corrected chi connectivity index (χ0v) is 16.2. The summed E-state index contributed by atoms with van der Waals surface area (Å²) in [5, 5.41) is 13.8. The van der Waals surface area contributed by atoms with Crippen molar-refractivity contribution < 1.29 is 14.5 Å². The van der Waals surface area contributed by atoms with Crippen LogP contribution < -0.4 is 5.32 Å².